The van der Waals surface area contributed by atoms with Crippen molar-refractivity contribution in [1.82, 2.24) is 0 Å². The van der Waals surface area contributed by atoms with Crippen LogP contribution in [0.5, 0.6) is 5.75 Å². The molecule has 0 amide bonds. The van der Waals surface area contributed by atoms with E-state index in [2.05, 4.69) is 0 Å². The molecule has 0 aliphatic carbocycles. The average molecular weight is 361 g/mol. The number of piperazine rings is 1. The Kier molecular flexibility index (Phi) is 5.80. The maximum atomic E-state index is 13.5. The van der Waals surface area contributed by atoms with Crippen LogP contribution in [0, 0.1) is 15.9 Å². The van der Waals surface area contributed by atoms with Crippen LogP contribution >= 0.6 is 0 Å². The topological polar surface area (TPSA) is 61.2 Å². The van der Waals surface area contributed by atoms with E-state index in [9.17, 15) is 14.5 Å². The van der Waals surface area contributed by atoms with Gasteiger partial charge in [-0.1, -0.05) is 0 Å². The summed E-state index contributed by atoms with van der Waals surface area (Å²) < 4.78 is 18.8. The van der Waals surface area contributed by atoms with Gasteiger partial charge in [0, 0.05) is 17.7 Å². The van der Waals surface area contributed by atoms with Gasteiger partial charge in [0.15, 0.2) is 0 Å². The third-order valence-corrected chi connectivity index (χ3v) is 4.95. The molecule has 0 bridgehead atoms. The Hall–Kier alpha value is -2.51. The molecule has 1 aliphatic rings. The van der Waals surface area contributed by atoms with Crippen molar-refractivity contribution < 1.29 is 23.9 Å². The molecule has 0 saturated carbocycles. The second-order valence-electron chi connectivity index (χ2n) is 6.73. The molecule has 0 radical (unpaired) electrons. The summed E-state index contributed by atoms with van der Waals surface area (Å²) in [5.74, 6) is 0.502. The molecule has 7 heteroatoms. The Morgan fingerprint density at radius 1 is 1.04 bits per heavy atom. The number of nitro groups is 1. The van der Waals surface area contributed by atoms with Crippen molar-refractivity contribution in [1.29, 1.82) is 0 Å². The minimum absolute atomic E-state index is 0.127. The summed E-state index contributed by atoms with van der Waals surface area (Å²) in [6.45, 7) is 5.66. The van der Waals surface area contributed by atoms with Crippen LogP contribution in [0.15, 0.2) is 42.5 Å². The minimum Gasteiger partial charge on any atom is -0.496 e. The molecule has 0 spiro atoms. The lowest BCUT2D eigenvalue weighted by atomic mass is 10.1. The van der Waals surface area contributed by atoms with Crippen LogP contribution in [-0.2, 0) is 13.1 Å². The van der Waals surface area contributed by atoms with Gasteiger partial charge in [0.05, 0.1) is 17.6 Å². The lowest BCUT2D eigenvalue weighted by Gasteiger charge is -2.30. The first-order chi connectivity index (χ1) is 12.5. The van der Waals surface area contributed by atoms with Crippen LogP contribution in [0.25, 0.3) is 0 Å². The van der Waals surface area contributed by atoms with Crippen LogP contribution in [0.1, 0.15) is 11.1 Å². The molecular formula is C19H24FN3O3+2. The summed E-state index contributed by atoms with van der Waals surface area (Å²) >= 11 is 0. The highest BCUT2D eigenvalue weighted by Crippen LogP contribution is 2.18. The van der Waals surface area contributed by atoms with E-state index >= 15 is 0 Å². The number of methoxy groups -OCH3 is 1. The van der Waals surface area contributed by atoms with Crippen molar-refractivity contribution in [2.24, 2.45) is 0 Å². The summed E-state index contributed by atoms with van der Waals surface area (Å²) in [6.07, 6.45) is 0. The van der Waals surface area contributed by atoms with Gasteiger partial charge < -0.3 is 14.5 Å². The number of rotatable bonds is 6. The second kappa shape index (κ2) is 8.25. The number of nitro benzene ring substituents is 1. The standard InChI is InChI=1S/C19H22FN3O3/c1-26-19-7-4-17(20)12-16(19)14-22-10-8-21(9-11-22)13-15-2-5-18(6-3-15)23(24)25/h2-7,12H,8-11,13-14H2,1H3/p+2. The predicted molar refractivity (Wildman–Crippen MR) is 94.8 cm³/mol. The largest absolute Gasteiger partial charge is 0.496 e. The Bertz CT molecular complexity index is 759. The van der Waals surface area contributed by atoms with Crippen molar-refractivity contribution in [2.45, 2.75) is 13.1 Å². The zero-order valence-electron chi connectivity index (χ0n) is 14.8. The molecular weight excluding hydrogens is 337 g/mol. The summed E-state index contributed by atoms with van der Waals surface area (Å²) in [6, 6.07) is 11.5. The minimum atomic E-state index is -0.376. The third-order valence-electron chi connectivity index (χ3n) is 4.95. The Morgan fingerprint density at radius 2 is 1.65 bits per heavy atom. The monoisotopic (exact) mass is 361 g/mol. The summed E-state index contributed by atoms with van der Waals surface area (Å²) in [4.78, 5) is 13.2. The first-order valence-corrected chi connectivity index (χ1v) is 8.78. The quantitative estimate of drug-likeness (QED) is 0.572. The van der Waals surface area contributed by atoms with Gasteiger partial charge >= 0.3 is 0 Å². The molecule has 26 heavy (non-hydrogen) atoms. The highest BCUT2D eigenvalue weighted by atomic mass is 19.1. The van der Waals surface area contributed by atoms with Crippen LogP contribution in [-0.4, -0.2) is 38.2 Å². The number of non-ortho nitro benzene ring substituents is 1. The fraction of sp³-hybridized carbons (Fsp3) is 0.368. The number of halogens is 1. The molecule has 3 rings (SSSR count). The number of benzene rings is 2. The van der Waals surface area contributed by atoms with E-state index in [0.717, 1.165) is 56.1 Å². The summed E-state index contributed by atoms with van der Waals surface area (Å²) in [5.41, 5.74) is 2.14. The third kappa shape index (κ3) is 4.56. The van der Waals surface area contributed by atoms with Gasteiger partial charge in [-0.05, 0) is 30.3 Å². The number of hydrogen-bond acceptors (Lipinski definition) is 3. The van der Waals surface area contributed by atoms with Gasteiger partial charge in [0.1, 0.15) is 50.8 Å². The molecule has 138 valence electrons. The first-order valence-electron chi connectivity index (χ1n) is 8.78. The molecule has 6 nitrogen and oxygen atoms in total. The van der Waals surface area contributed by atoms with E-state index in [1.807, 2.05) is 12.1 Å². The molecule has 0 unspecified atom stereocenters. The fourth-order valence-corrected chi connectivity index (χ4v) is 3.49. The smallest absolute Gasteiger partial charge is 0.269 e. The zero-order valence-corrected chi connectivity index (χ0v) is 14.8. The maximum Gasteiger partial charge on any atom is 0.269 e. The normalized spacial score (nSPS) is 19.9. The predicted octanol–water partition coefficient (Wildman–Crippen LogP) is 0.226. The van der Waals surface area contributed by atoms with E-state index < -0.39 is 0 Å². The zero-order chi connectivity index (χ0) is 18.5. The number of nitrogens with zero attached hydrogens (tertiary/aromatic N) is 1. The Balaban J connectivity index is 1.53. The van der Waals surface area contributed by atoms with Crippen molar-refractivity contribution in [3.05, 3.63) is 69.5 Å². The van der Waals surface area contributed by atoms with E-state index in [-0.39, 0.29) is 16.4 Å². The molecule has 2 N–H and O–H groups in total. The van der Waals surface area contributed by atoms with Gasteiger partial charge in [0.25, 0.3) is 5.69 Å². The van der Waals surface area contributed by atoms with Crippen LogP contribution in [0.4, 0.5) is 10.1 Å². The Morgan fingerprint density at radius 3 is 2.23 bits per heavy atom. The number of ether oxygens (including phenoxy) is 1. The molecule has 1 saturated heterocycles. The summed E-state index contributed by atoms with van der Waals surface area (Å²) in [5, 5.41) is 10.7. The SMILES string of the molecule is COc1ccc(F)cc1C[NH+]1CC[NH+](Cc2ccc([N+](=O)[O-])cc2)CC1. The Labute approximate surface area is 151 Å². The van der Waals surface area contributed by atoms with Gasteiger partial charge in [-0.2, -0.15) is 0 Å². The van der Waals surface area contributed by atoms with Crippen LogP contribution in [0.2, 0.25) is 0 Å². The summed E-state index contributed by atoms with van der Waals surface area (Å²) in [7, 11) is 1.61. The molecule has 1 aliphatic heterocycles. The molecule has 2 aromatic carbocycles. The van der Waals surface area contributed by atoms with Crippen molar-refractivity contribution in [2.75, 3.05) is 33.3 Å². The highest BCUT2D eigenvalue weighted by Gasteiger charge is 2.24. The van der Waals surface area contributed by atoms with E-state index in [4.69, 9.17) is 4.74 Å². The van der Waals surface area contributed by atoms with Crippen molar-refractivity contribution in [3.8, 4) is 5.75 Å². The second-order valence-corrected chi connectivity index (χ2v) is 6.73. The molecule has 1 fully saturated rings. The van der Waals surface area contributed by atoms with Crippen LogP contribution < -0.4 is 14.5 Å². The number of nitrogens with one attached hydrogen (secondary N) is 2. The lowest BCUT2D eigenvalue weighted by molar-refractivity contribution is -1.02. The van der Waals surface area contributed by atoms with E-state index in [0.29, 0.717) is 0 Å². The number of hydrogen-bond donors (Lipinski definition) is 2. The van der Waals surface area contributed by atoms with Gasteiger partial charge in [-0.3, -0.25) is 10.1 Å². The average Bonchev–Trinajstić information content (AvgIpc) is 2.64. The van der Waals surface area contributed by atoms with Gasteiger partial charge in [0.2, 0.25) is 0 Å². The fourth-order valence-electron chi connectivity index (χ4n) is 3.49. The first kappa shape index (κ1) is 18.3. The molecule has 2 aromatic rings. The van der Waals surface area contributed by atoms with Gasteiger partial charge in [-0.15, -0.1) is 0 Å². The lowest BCUT2D eigenvalue weighted by Crippen LogP contribution is -3.27. The van der Waals surface area contributed by atoms with Crippen molar-refractivity contribution in [3.63, 3.8) is 0 Å². The van der Waals surface area contributed by atoms with Crippen LogP contribution in [0.3, 0.4) is 0 Å². The molecule has 0 aromatic heterocycles. The van der Waals surface area contributed by atoms with E-state index in [1.54, 1.807) is 31.4 Å². The van der Waals surface area contributed by atoms with Gasteiger partial charge in [-0.25, -0.2) is 4.39 Å². The van der Waals surface area contributed by atoms with Crippen molar-refractivity contribution >= 4 is 5.69 Å². The van der Waals surface area contributed by atoms with E-state index in [1.165, 1.54) is 15.9 Å². The molecule has 1 heterocycles. The molecule has 0 atom stereocenters. The maximum absolute atomic E-state index is 13.5. The highest BCUT2D eigenvalue weighted by molar-refractivity contribution is 5.33. The number of quaternary nitrogens is 2.